The number of hydrogen-bond acceptors (Lipinski definition) is 5. The van der Waals surface area contributed by atoms with Crippen LogP contribution in [0.4, 0.5) is 0 Å². The lowest BCUT2D eigenvalue weighted by Crippen LogP contribution is -2.38. The summed E-state index contributed by atoms with van der Waals surface area (Å²) < 4.78 is 3.75. The summed E-state index contributed by atoms with van der Waals surface area (Å²) in [6.45, 7) is 4.67. The van der Waals surface area contributed by atoms with Gasteiger partial charge in [-0.3, -0.25) is 9.78 Å². The van der Waals surface area contributed by atoms with Crippen LogP contribution < -0.4 is 0 Å². The van der Waals surface area contributed by atoms with E-state index in [2.05, 4.69) is 21.5 Å². The minimum Gasteiger partial charge on any atom is -0.330 e. The number of carbonyl (C=O) groups excluding carboxylic acids is 1. The molecule has 0 saturated carbocycles. The number of hydrogen-bond donors (Lipinski definition) is 0. The second-order valence-electron chi connectivity index (χ2n) is 4.34. The highest BCUT2D eigenvalue weighted by Gasteiger charge is 2.22. The fourth-order valence-electron chi connectivity index (χ4n) is 1.74. The molecule has 2 aromatic rings. The van der Waals surface area contributed by atoms with Crippen LogP contribution in [0, 0.1) is 0 Å². The van der Waals surface area contributed by atoms with Crippen LogP contribution in [0.15, 0.2) is 29.9 Å². The standard InChI is InChI=1S/C13H16N4OS/c1-3-10(2)17(8-11-4-6-14-7-5-11)13(18)12-9-19-16-15-12/h4-7,9-10H,3,8H2,1-2H3. The maximum absolute atomic E-state index is 12.4. The average Bonchev–Trinajstić information content (AvgIpc) is 2.98. The molecule has 2 rings (SSSR count). The quantitative estimate of drug-likeness (QED) is 0.841. The largest absolute Gasteiger partial charge is 0.330 e. The molecule has 100 valence electrons. The lowest BCUT2D eigenvalue weighted by atomic mass is 10.1. The maximum atomic E-state index is 12.4. The molecule has 0 aromatic carbocycles. The van der Waals surface area contributed by atoms with Gasteiger partial charge in [-0.1, -0.05) is 11.4 Å². The molecule has 0 bridgehead atoms. The van der Waals surface area contributed by atoms with Crippen LogP contribution in [0.3, 0.4) is 0 Å². The number of nitrogens with zero attached hydrogens (tertiary/aromatic N) is 4. The Labute approximate surface area is 116 Å². The van der Waals surface area contributed by atoms with Crippen molar-refractivity contribution >= 4 is 17.4 Å². The lowest BCUT2D eigenvalue weighted by Gasteiger charge is -2.27. The Morgan fingerprint density at radius 1 is 1.42 bits per heavy atom. The molecule has 0 N–H and O–H groups in total. The van der Waals surface area contributed by atoms with Gasteiger partial charge in [0.1, 0.15) is 0 Å². The third-order valence-electron chi connectivity index (χ3n) is 3.07. The van der Waals surface area contributed by atoms with Crippen LogP contribution in [0.5, 0.6) is 0 Å². The first kappa shape index (κ1) is 13.6. The molecule has 0 radical (unpaired) electrons. The summed E-state index contributed by atoms with van der Waals surface area (Å²) in [6, 6.07) is 3.99. The lowest BCUT2D eigenvalue weighted by molar-refractivity contribution is 0.0665. The van der Waals surface area contributed by atoms with Gasteiger partial charge in [0.25, 0.3) is 5.91 Å². The van der Waals surface area contributed by atoms with Crippen LogP contribution in [0.1, 0.15) is 36.3 Å². The van der Waals surface area contributed by atoms with Gasteiger partial charge < -0.3 is 4.90 Å². The molecule has 0 aliphatic rings. The molecule has 19 heavy (non-hydrogen) atoms. The minimum atomic E-state index is -0.0695. The Morgan fingerprint density at radius 2 is 2.16 bits per heavy atom. The molecule has 5 nitrogen and oxygen atoms in total. The van der Waals surface area contributed by atoms with Crippen molar-refractivity contribution in [2.75, 3.05) is 0 Å². The van der Waals surface area contributed by atoms with Gasteiger partial charge in [0, 0.05) is 30.4 Å². The zero-order valence-corrected chi connectivity index (χ0v) is 11.8. The van der Waals surface area contributed by atoms with Gasteiger partial charge >= 0.3 is 0 Å². The Balaban J connectivity index is 2.19. The number of amides is 1. The topological polar surface area (TPSA) is 59.0 Å². The Kier molecular flexibility index (Phi) is 4.57. The summed E-state index contributed by atoms with van der Waals surface area (Å²) in [7, 11) is 0. The summed E-state index contributed by atoms with van der Waals surface area (Å²) in [4.78, 5) is 18.2. The van der Waals surface area contributed by atoms with E-state index in [-0.39, 0.29) is 11.9 Å². The second-order valence-corrected chi connectivity index (χ2v) is 4.95. The van der Waals surface area contributed by atoms with E-state index in [9.17, 15) is 4.79 Å². The first-order chi connectivity index (χ1) is 9.22. The molecule has 0 fully saturated rings. The van der Waals surface area contributed by atoms with Gasteiger partial charge in [-0.05, 0) is 42.6 Å². The van der Waals surface area contributed by atoms with E-state index in [1.165, 1.54) is 11.5 Å². The van der Waals surface area contributed by atoms with Crippen LogP contribution in [0.2, 0.25) is 0 Å². The van der Waals surface area contributed by atoms with Crippen LogP contribution in [-0.4, -0.2) is 31.4 Å². The van der Waals surface area contributed by atoms with Crippen molar-refractivity contribution in [3.05, 3.63) is 41.2 Å². The Hall–Kier alpha value is -1.82. The third kappa shape index (κ3) is 3.35. The number of rotatable bonds is 5. The molecular formula is C13H16N4OS. The molecule has 0 spiro atoms. The summed E-state index contributed by atoms with van der Waals surface area (Å²) >= 11 is 1.19. The van der Waals surface area contributed by atoms with Crippen molar-refractivity contribution in [3.63, 3.8) is 0 Å². The van der Waals surface area contributed by atoms with Gasteiger partial charge in [0.2, 0.25) is 0 Å². The maximum Gasteiger partial charge on any atom is 0.275 e. The molecule has 1 amide bonds. The van der Waals surface area contributed by atoms with E-state index < -0.39 is 0 Å². The normalized spacial score (nSPS) is 12.1. The van der Waals surface area contributed by atoms with Gasteiger partial charge in [-0.2, -0.15) is 0 Å². The number of pyridine rings is 1. The fourth-order valence-corrected chi connectivity index (χ4v) is 2.17. The van der Waals surface area contributed by atoms with Crippen molar-refractivity contribution in [1.29, 1.82) is 0 Å². The Bertz CT molecular complexity index is 515. The van der Waals surface area contributed by atoms with Crippen molar-refractivity contribution < 1.29 is 4.79 Å². The van der Waals surface area contributed by atoms with Crippen LogP contribution >= 0.6 is 11.5 Å². The van der Waals surface area contributed by atoms with Crippen LogP contribution in [0.25, 0.3) is 0 Å². The van der Waals surface area contributed by atoms with E-state index >= 15 is 0 Å². The summed E-state index contributed by atoms with van der Waals surface area (Å²) in [6.07, 6.45) is 4.37. The summed E-state index contributed by atoms with van der Waals surface area (Å²) in [5.74, 6) is -0.0695. The predicted molar refractivity (Wildman–Crippen MR) is 73.8 cm³/mol. The smallest absolute Gasteiger partial charge is 0.275 e. The molecule has 1 unspecified atom stereocenters. The molecular weight excluding hydrogens is 260 g/mol. The zero-order chi connectivity index (χ0) is 13.7. The molecule has 2 aromatic heterocycles. The highest BCUT2D eigenvalue weighted by molar-refractivity contribution is 7.03. The van der Waals surface area contributed by atoms with E-state index in [4.69, 9.17) is 0 Å². The van der Waals surface area contributed by atoms with Gasteiger partial charge in [-0.25, -0.2) is 0 Å². The van der Waals surface area contributed by atoms with Crippen molar-refractivity contribution in [1.82, 2.24) is 19.5 Å². The SMILES string of the molecule is CCC(C)N(Cc1ccncc1)C(=O)c1csnn1. The summed E-state index contributed by atoms with van der Waals surface area (Å²) in [5, 5.41) is 5.55. The van der Waals surface area contributed by atoms with Gasteiger partial charge in [-0.15, -0.1) is 5.10 Å². The first-order valence-corrected chi connectivity index (χ1v) is 7.03. The van der Waals surface area contributed by atoms with Crippen molar-refractivity contribution in [2.45, 2.75) is 32.9 Å². The molecule has 6 heteroatoms. The number of carbonyl (C=O) groups is 1. The summed E-state index contributed by atoms with van der Waals surface area (Å²) in [5.41, 5.74) is 1.48. The molecule has 2 heterocycles. The average molecular weight is 276 g/mol. The first-order valence-electron chi connectivity index (χ1n) is 6.19. The number of aromatic nitrogens is 3. The van der Waals surface area contributed by atoms with E-state index in [0.29, 0.717) is 12.2 Å². The van der Waals surface area contributed by atoms with Crippen LogP contribution in [-0.2, 0) is 6.54 Å². The predicted octanol–water partition coefficient (Wildman–Crippen LogP) is 2.37. The molecule has 0 aliphatic heterocycles. The molecule has 0 aliphatic carbocycles. The zero-order valence-electron chi connectivity index (χ0n) is 11.0. The minimum absolute atomic E-state index is 0.0695. The fraction of sp³-hybridized carbons (Fsp3) is 0.385. The second kappa shape index (κ2) is 6.38. The van der Waals surface area contributed by atoms with E-state index in [1.807, 2.05) is 24.0 Å². The highest BCUT2D eigenvalue weighted by Crippen LogP contribution is 2.14. The molecule has 1 atom stereocenters. The van der Waals surface area contributed by atoms with E-state index in [1.54, 1.807) is 17.8 Å². The van der Waals surface area contributed by atoms with Crippen molar-refractivity contribution in [3.8, 4) is 0 Å². The monoisotopic (exact) mass is 276 g/mol. The van der Waals surface area contributed by atoms with Gasteiger partial charge in [0.05, 0.1) is 0 Å². The van der Waals surface area contributed by atoms with Gasteiger partial charge in [0.15, 0.2) is 5.69 Å². The van der Waals surface area contributed by atoms with Crippen molar-refractivity contribution in [2.24, 2.45) is 0 Å². The Morgan fingerprint density at radius 3 is 2.74 bits per heavy atom. The highest BCUT2D eigenvalue weighted by atomic mass is 32.1. The third-order valence-corrected chi connectivity index (χ3v) is 3.57. The van der Waals surface area contributed by atoms with E-state index in [0.717, 1.165) is 12.0 Å². The molecule has 0 saturated heterocycles.